The molecule has 0 fully saturated rings. The summed E-state index contributed by atoms with van der Waals surface area (Å²) >= 11 is 6.00. The summed E-state index contributed by atoms with van der Waals surface area (Å²) in [6, 6.07) is 30.4. The van der Waals surface area contributed by atoms with E-state index in [4.69, 9.17) is 11.6 Å². The van der Waals surface area contributed by atoms with Crippen LogP contribution in [0.1, 0.15) is 47.8 Å². The largest absolute Gasteiger partial charge is 0.289 e. The molecule has 0 aliphatic heterocycles. The normalized spacial score (nSPS) is 11.6. The Bertz CT molecular complexity index is 1240. The fourth-order valence-electron chi connectivity index (χ4n) is 3.45. The van der Waals surface area contributed by atoms with Gasteiger partial charge >= 0.3 is 0 Å². The average Bonchev–Trinajstić information content (AvgIpc) is 2.83. The second kappa shape index (κ2) is 8.90. The molecule has 0 aromatic heterocycles. The van der Waals surface area contributed by atoms with Crippen molar-refractivity contribution in [1.82, 2.24) is 0 Å². The first-order valence-electron chi connectivity index (χ1n) is 9.69. The molecule has 0 spiro atoms. The van der Waals surface area contributed by atoms with Crippen molar-refractivity contribution in [3.8, 4) is 0 Å². The fraction of sp³-hybridized carbons (Fsp3) is 0. The van der Waals surface area contributed by atoms with Gasteiger partial charge in [0.05, 0.1) is 10.6 Å². The molecule has 0 saturated heterocycles. The van der Waals surface area contributed by atoms with Gasteiger partial charge in [0.1, 0.15) is 0 Å². The van der Waals surface area contributed by atoms with E-state index in [0.29, 0.717) is 27.3 Å². The highest BCUT2D eigenvalue weighted by Crippen LogP contribution is 2.31. The number of hydrogen-bond donors (Lipinski definition) is 0. The first-order chi connectivity index (χ1) is 15.1. The van der Waals surface area contributed by atoms with E-state index >= 15 is 0 Å². The van der Waals surface area contributed by atoms with Gasteiger partial charge in [-0.15, -0.1) is 0 Å². The number of hydrogen-bond acceptors (Lipinski definition) is 3. The standard InChI is InChI=1S/C14H7ClO2.C13H10O/c15-11-7-3-6-10-12(11)14(17)9-5-2-1-4-8(9)13(10)16;14-13(11-7-3-1-4-8-11)12-9-5-2-6-10-12/h1-7H;1-10H. The molecule has 0 radical (unpaired) electrons. The van der Waals surface area contributed by atoms with Crippen molar-refractivity contribution in [3.63, 3.8) is 0 Å². The molecule has 4 heteroatoms. The van der Waals surface area contributed by atoms with E-state index in [9.17, 15) is 14.4 Å². The van der Waals surface area contributed by atoms with Crippen LogP contribution in [0.25, 0.3) is 0 Å². The van der Waals surface area contributed by atoms with Gasteiger partial charge in [-0.2, -0.15) is 0 Å². The van der Waals surface area contributed by atoms with E-state index in [2.05, 4.69) is 0 Å². The molecule has 150 valence electrons. The van der Waals surface area contributed by atoms with Crippen LogP contribution in [0.4, 0.5) is 0 Å². The van der Waals surface area contributed by atoms with Gasteiger partial charge in [0.25, 0.3) is 0 Å². The highest BCUT2D eigenvalue weighted by atomic mass is 35.5. The van der Waals surface area contributed by atoms with E-state index in [-0.39, 0.29) is 17.3 Å². The van der Waals surface area contributed by atoms with Crippen molar-refractivity contribution in [3.05, 3.63) is 142 Å². The van der Waals surface area contributed by atoms with Crippen LogP contribution in [0.5, 0.6) is 0 Å². The minimum absolute atomic E-state index is 0.0752. The first-order valence-corrected chi connectivity index (χ1v) is 10.1. The summed E-state index contributed by atoms with van der Waals surface area (Å²) in [5.41, 5.74) is 3.06. The minimum Gasteiger partial charge on any atom is -0.289 e. The Hall–Kier alpha value is -3.82. The predicted octanol–water partition coefficient (Wildman–Crippen LogP) is 6.03. The van der Waals surface area contributed by atoms with Crippen LogP contribution in [-0.2, 0) is 0 Å². The minimum atomic E-state index is -0.180. The molecule has 0 atom stereocenters. The molecule has 0 bridgehead atoms. The average molecular weight is 425 g/mol. The van der Waals surface area contributed by atoms with E-state index in [0.717, 1.165) is 11.1 Å². The van der Waals surface area contributed by atoms with Crippen LogP contribution in [0, 0.1) is 0 Å². The predicted molar refractivity (Wildman–Crippen MR) is 121 cm³/mol. The number of rotatable bonds is 2. The number of ketones is 3. The number of benzene rings is 4. The molecular weight excluding hydrogens is 408 g/mol. The van der Waals surface area contributed by atoms with Crippen molar-refractivity contribution in [1.29, 1.82) is 0 Å². The maximum absolute atomic E-state index is 12.2. The lowest BCUT2D eigenvalue weighted by Crippen LogP contribution is -2.21. The van der Waals surface area contributed by atoms with Crippen molar-refractivity contribution < 1.29 is 14.4 Å². The van der Waals surface area contributed by atoms with Gasteiger partial charge in [0, 0.05) is 27.8 Å². The highest BCUT2D eigenvalue weighted by molar-refractivity contribution is 6.39. The van der Waals surface area contributed by atoms with Crippen LogP contribution in [0.2, 0.25) is 5.02 Å². The summed E-state index contributed by atoms with van der Waals surface area (Å²) in [4.78, 5) is 36.3. The van der Waals surface area contributed by atoms with Gasteiger partial charge in [-0.1, -0.05) is 109 Å². The molecule has 4 aromatic carbocycles. The molecule has 0 heterocycles. The van der Waals surface area contributed by atoms with E-state index in [1.54, 1.807) is 42.5 Å². The molecule has 0 saturated carbocycles. The zero-order valence-electron chi connectivity index (χ0n) is 16.4. The van der Waals surface area contributed by atoms with Crippen LogP contribution >= 0.6 is 11.6 Å². The van der Waals surface area contributed by atoms with Gasteiger partial charge in [0.15, 0.2) is 17.3 Å². The van der Waals surface area contributed by atoms with Crippen molar-refractivity contribution >= 4 is 29.0 Å². The Morgan fingerprint density at radius 2 is 0.968 bits per heavy atom. The molecule has 4 aromatic rings. The molecular formula is C27H17ClO3. The third-order valence-corrected chi connectivity index (χ3v) is 5.29. The Morgan fingerprint density at radius 1 is 0.516 bits per heavy atom. The molecule has 3 nitrogen and oxygen atoms in total. The van der Waals surface area contributed by atoms with Crippen molar-refractivity contribution in [2.75, 3.05) is 0 Å². The van der Waals surface area contributed by atoms with Gasteiger partial charge in [-0.05, 0) is 6.07 Å². The quantitative estimate of drug-likeness (QED) is 0.325. The molecule has 0 amide bonds. The van der Waals surface area contributed by atoms with Crippen LogP contribution in [0.15, 0.2) is 103 Å². The molecule has 1 aliphatic carbocycles. The van der Waals surface area contributed by atoms with E-state index in [1.807, 2.05) is 60.7 Å². The number of carbonyl (C=O) groups excluding carboxylic acids is 3. The zero-order chi connectivity index (χ0) is 21.8. The molecule has 0 N–H and O–H groups in total. The highest BCUT2D eigenvalue weighted by Gasteiger charge is 2.30. The van der Waals surface area contributed by atoms with Gasteiger partial charge in [-0.25, -0.2) is 0 Å². The van der Waals surface area contributed by atoms with E-state index < -0.39 is 0 Å². The summed E-state index contributed by atoms with van der Waals surface area (Å²) in [7, 11) is 0. The smallest absolute Gasteiger partial charge is 0.196 e. The SMILES string of the molecule is O=C(c1ccccc1)c1ccccc1.O=C1c2ccccc2C(=O)c2c(Cl)cccc21. The second-order valence-corrected chi connectivity index (χ2v) is 7.33. The van der Waals surface area contributed by atoms with Crippen molar-refractivity contribution in [2.45, 2.75) is 0 Å². The lowest BCUT2D eigenvalue weighted by Gasteiger charge is -2.17. The summed E-state index contributed by atoms with van der Waals surface area (Å²) in [6.07, 6.45) is 0. The second-order valence-electron chi connectivity index (χ2n) is 6.93. The Balaban J connectivity index is 0.000000152. The molecule has 0 unspecified atom stereocenters. The zero-order valence-corrected chi connectivity index (χ0v) is 17.2. The van der Waals surface area contributed by atoms with Gasteiger partial charge in [-0.3, -0.25) is 14.4 Å². The lowest BCUT2D eigenvalue weighted by molar-refractivity contribution is 0.0979. The third kappa shape index (κ3) is 4.09. The van der Waals surface area contributed by atoms with Crippen molar-refractivity contribution in [2.24, 2.45) is 0 Å². The van der Waals surface area contributed by atoms with Crippen LogP contribution in [0.3, 0.4) is 0 Å². The maximum atomic E-state index is 12.2. The topological polar surface area (TPSA) is 51.2 Å². The summed E-state index contributed by atoms with van der Waals surface area (Å²) < 4.78 is 0. The Morgan fingerprint density at radius 3 is 1.52 bits per heavy atom. The lowest BCUT2D eigenvalue weighted by atomic mass is 9.84. The maximum Gasteiger partial charge on any atom is 0.196 e. The molecule has 31 heavy (non-hydrogen) atoms. The number of fused-ring (bicyclic) bond motifs is 2. The van der Waals surface area contributed by atoms with Crippen LogP contribution in [-0.4, -0.2) is 17.3 Å². The fourth-order valence-corrected chi connectivity index (χ4v) is 3.71. The number of carbonyl (C=O) groups is 3. The summed E-state index contributed by atoms with van der Waals surface area (Å²) in [5.74, 6) is -0.246. The monoisotopic (exact) mass is 424 g/mol. The molecule has 1 aliphatic rings. The Kier molecular flexibility index (Phi) is 5.87. The summed E-state index contributed by atoms with van der Waals surface area (Å²) in [5, 5.41) is 0.329. The van der Waals surface area contributed by atoms with Gasteiger partial charge in [0.2, 0.25) is 0 Å². The van der Waals surface area contributed by atoms with Gasteiger partial charge < -0.3 is 0 Å². The summed E-state index contributed by atoms with van der Waals surface area (Å²) in [6.45, 7) is 0. The van der Waals surface area contributed by atoms with E-state index in [1.165, 1.54) is 0 Å². The third-order valence-electron chi connectivity index (χ3n) is 4.97. The molecule has 5 rings (SSSR count). The first kappa shape index (κ1) is 20.5. The Labute approximate surface area is 184 Å². The van der Waals surface area contributed by atoms with Crippen LogP contribution < -0.4 is 0 Å². The number of halogens is 1.